The molecule has 1 aliphatic rings. The molecule has 0 bridgehead atoms. The predicted octanol–water partition coefficient (Wildman–Crippen LogP) is 4.21. The molecule has 4 nitrogen and oxygen atoms in total. The summed E-state index contributed by atoms with van der Waals surface area (Å²) in [5, 5.41) is 6.18. The first-order valence-electron chi connectivity index (χ1n) is 8.20. The molecule has 136 valence electrons. The third kappa shape index (κ3) is 4.00. The van der Waals surface area contributed by atoms with E-state index in [9.17, 15) is 14.0 Å². The van der Waals surface area contributed by atoms with Gasteiger partial charge in [0.2, 0.25) is 11.8 Å². The lowest BCUT2D eigenvalue weighted by molar-refractivity contribution is -0.134. The zero-order valence-corrected chi connectivity index (χ0v) is 15.3. The van der Waals surface area contributed by atoms with Crippen molar-refractivity contribution in [1.82, 2.24) is 5.32 Å². The molecule has 0 unspecified atom stereocenters. The van der Waals surface area contributed by atoms with Crippen molar-refractivity contribution >= 4 is 40.7 Å². The molecular weight excluding hydrogens is 378 g/mol. The fourth-order valence-corrected chi connectivity index (χ4v) is 3.04. The molecule has 1 saturated carbocycles. The Labute approximate surface area is 160 Å². The van der Waals surface area contributed by atoms with Gasteiger partial charge in [-0.1, -0.05) is 41.4 Å². The monoisotopic (exact) mass is 394 g/mol. The van der Waals surface area contributed by atoms with E-state index in [0.717, 1.165) is 0 Å². The highest BCUT2D eigenvalue weighted by Crippen LogP contribution is 2.47. The molecule has 0 heterocycles. The molecule has 2 N–H and O–H groups in total. The van der Waals surface area contributed by atoms with Gasteiger partial charge in [0.05, 0.1) is 10.7 Å². The second-order valence-corrected chi connectivity index (χ2v) is 7.10. The van der Waals surface area contributed by atoms with E-state index in [1.165, 1.54) is 12.1 Å². The number of hydrogen-bond acceptors (Lipinski definition) is 2. The maximum absolute atomic E-state index is 13.6. The molecule has 2 amide bonds. The molecule has 0 radical (unpaired) electrons. The summed E-state index contributed by atoms with van der Waals surface area (Å²) in [5.74, 6) is -1.08. The summed E-state index contributed by atoms with van der Waals surface area (Å²) in [6.07, 6.45) is 1.28. The van der Waals surface area contributed by atoms with Gasteiger partial charge in [0.25, 0.3) is 0 Å². The number of hydrogen-bond donors (Lipinski definition) is 2. The third-order valence-corrected chi connectivity index (χ3v) is 5.00. The minimum atomic E-state index is -1.10. The first-order chi connectivity index (χ1) is 12.4. The van der Waals surface area contributed by atoms with E-state index in [0.29, 0.717) is 40.6 Å². The quantitative estimate of drug-likeness (QED) is 0.720. The average molecular weight is 395 g/mol. The van der Waals surface area contributed by atoms with Gasteiger partial charge in [-0.2, -0.15) is 0 Å². The number of benzene rings is 2. The maximum atomic E-state index is 13.6. The molecule has 0 saturated heterocycles. The average Bonchev–Trinajstić information content (AvgIpc) is 3.42. The summed E-state index contributed by atoms with van der Waals surface area (Å²) >= 11 is 12.0. The van der Waals surface area contributed by atoms with Crippen molar-refractivity contribution in [1.29, 1.82) is 0 Å². The van der Waals surface area contributed by atoms with Crippen LogP contribution >= 0.6 is 23.2 Å². The topological polar surface area (TPSA) is 58.2 Å². The van der Waals surface area contributed by atoms with Crippen LogP contribution in [0.4, 0.5) is 10.1 Å². The number of rotatable bonds is 6. The molecule has 0 aliphatic heterocycles. The predicted molar refractivity (Wildman–Crippen MR) is 99.9 cm³/mol. The number of carbonyl (C=O) groups is 2. The van der Waals surface area contributed by atoms with Crippen LogP contribution in [-0.4, -0.2) is 18.4 Å². The van der Waals surface area contributed by atoms with Gasteiger partial charge in [-0.15, -0.1) is 0 Å². The smallest absolute Gasteiger partial charge is 0.240 e. The van der Waals surface area contributed by atoms with Crippen molar-refractivity contribution in [2.45, 2.75) is 19.3 Å². The van der Waals surface area contributed by atoms with Gasteiger partial charge in [-0.25, -0.2) is 4.39 Å². The summed E-state index contributed by atoms with van der Waals surface area (Å²) in [6.45, 7) is 0.257. The third-order valence-electron chi connectivity index (χ3n) is 4.43. The van der Waals surface area contributed by atoms with E-state index in [4.69, 9.17) is 23.2 Å². The Morgan fingerprint density at radius 2 is 1.81 bits per heavy atom. The molecule has 1 fully saturated rings. The zero-order valence-electron chi connectivity index (χ0n) is 13.8. The minimum absolute atomic E-state index is 0.257. The first-order valence-corrected chi connectivity index (χ1v) is 8.96. The Morgan fingerprint density at radius 3 is 2.50 bits per heavy atom. The summed E-state index contributed by atoms with van der Waals surface area (Å²) < 4.78 is 13.6. The van der Waals surface area contributed by atoms with Crippen LogP contribution < -0.4 is 10.6 Å². The normalized spacial score (nSPS) is 14.6. The van der Waals surface area contributed by atoms with Crippen molar-refractivity contribution in [3.63, 3.8) is 0 Å². The SMILES string of the molecule is O=C(NCCc1ccccc1F)C1(C(=O)Nc2cc(Cl)ccc2Cl)CC1. The Balaban J connectivity index is 1.59. The Morgan fingerprint density at radius 1 is 1.08 bits per heavy atom. The minimum Gasteiger partial charge on any atom is -0.355 e. The van der Waals surface area contributed by atoms with Crippen LogP contribution in [0.5, 0.6) is 0 Å². The maximum Gasteiger partial charge on any atom is 0.240 e. The van der Waals surface area contributed by atoms with Crippen LogP contribution in [0.1, 0.15) is 18.4 Å². The van der Waals surface area contributed by atoms with E-state index in [2.05, 4.69) is 10.6 Å². The van der Waals surface area contributed by atoms with E-state index in [1.807, 2.05) is 0 Å². The molecule has 0 aromatic heterocycles. The number of halogens is 3. The molecule has 2 aromatic carbocycles. The number of anilines is 1. The largest absolute Gasteiger partial charge is 0.355 e. The van der Waals surface area contributed by atoms with Crippen molar-refractivity contribution in [3.05, 3.63) is 63.9 Å². The fourth-order valence-electron chi connectivity index (χ4n) is 2.70. The van der Waals surface area contributed by atoms with Crippen molar-refractivity contribution in [3.8, 4) is 0 Å². The second kappa shape index (κ2) is 7.64. The molecule has 7 heteroatoms. The van der Waals surface area contributed by atoms with Gasteiger partial charge in [0, 0.05) is 11.6 Å². The van der Waals surface area contributed by atoms with E-state index in [-0.39, 0.29) is 18.3 Å². The summed E-state index contributed by atoms with van der Waals surface area (Å²) in [5.41, 5.74) is -0.205. The van der Waals surface area contributed by atoms with Gasteiger partial charge < -0.3 is 10.6 Å². The van der Waals surface area contributed by atoms with Gasteiger partial charge in [0.1, 0.15) is 11.2 Å². The summed E-state index contributed by atoms with van der Waals surface area (Å²) in [6, 6.07) is 11.1. The Bertz CT molecular complexity index is 853. The lowest BCUT2D eigenvalue weighted by Gasteiger charge is -2.16. The van der Waals surface area contributed by atoms with Crippen LogP contribution in [0.15, 0.2) is 42.5 Å². The van der Waals surface area contributed by atoms with Crippen molar-refractivity contribution < 1.29 is 14.0 Å². The van der Waals surface area contributed by atoms with E-state index >= 15 is 0 Å². The fraction of sp³-hybridized carbons (Fsp3) is 0.263. The van der Waals surface area contributed by atoms with Crippen LogP contribution in [0, 0.1) is 11.2 Å². The highest BCUT2D eigenvalue weighted by atomic mass is 35.5. The summed E-state index contributed by atoms with van der Waals surface area (Å²) in [4.78, 5) is 25.0. The lowest BCUT2D eigenvalue weighted by Crippen LogP contribution is -2.40. The van der Waals surface area contributed by atoms with Crippen LogP contribution in [0.2, 0.25) is 10.0 Å². The Hall–Kier alpha value is -2.11. The Kier molecular flexibility index (Phi) is 5.49. The molecular formula is C19H17Cl2FN2O2. The first kappa shape index (κ1) is 18.7. The molecule has 2 aromatic rings. The van der Waals surface area contributed by atoms with Crippen molar-refractivity contribution in [2.75, 3.05) is 11.9 Å². The molecule has 1 aliphatic carbocycles. The van der Waals surface area contributed by atoms with Gasteiger partial charge in [0.15, 0.2) is 0 Å². The van der Waals surface area contributed by atoms with Gasteiger partial charge >= 0.3 is 0 Å². The molecule has 3 rings (SSSR count). The molecule has 0 spiro atoms. The zero-order chi connectivity index (χ0) is 18.7. The van der Waals surface area contributed by atoms with Gasteiger partial charge in [-0.05, 0) is 49.1 Å². The standard InChI is InChI=1S/C19H17Cl2FN2O2/c20-13-5-6-14(21)16(11-13)24-18(26)19(8-9-19)17(25)23-10-7-12-3-1-2-4-15(12)22/h1-6,11H,7-10H2,(H,23,25)(H,24,26). The van der Waals surface area contributed by atoms with Crippen LogP contribution in [0.25, 0.3) is 0 Å². The lowest BCUT2D eigenvalue weighted by atomic mass is 10.0. The van der Waals surface area contributed by atoms with E-state index < -0.39 is 11.3 Å². The van der Waals surface area contributed by atoms with Crippen LogP contribution in [-0.2, 0) is 16.0 Å². The highest BCUT2D eigenvalue weighted by Gasteiger charge is 2.56. The van der Waals surface area contributed by atoms with Crippen LogP contribution in [0.3, 0.4) is 0 Å². The van der Waals surface area contributed by atoms with Gasteiger partial charge in [-0.3, -0.25) is 9.59 Å². The highest BCUT2D eigenvalue weighted by molar-refractivity contribution is 6.36. The summed E-state index contributed by atoms with van der Waals surface area (Å²) in [7, 11) is 0. The number of amides is 2. The number of nitrogens with one attached hydrogen (secondary N) is 2. The molecule has 26 heavy (non-hydrogen) atoms. The second-order valence-electron chi connectivity index (χ2n) is 6.26. The number of carbonyl (C=O) groups excluding carboxylic acids is 2. The molecule has 0 atom stereocenters. The van der Waals surface area contributed by atoms with E-state index in [1.54, 1.807) is 30.3 Å². The van der Waals surface area contributed by atoms with Crippen molar-refractivity contribution in [2.24, 2.45) is 5.41 Å².